The van der Waals surface area contributed by atoms with E-state index in [9.17, 15) is 0 Å². The number of benzene rings is 2. The lowest BCUT2D eigenvalue weighted by Gasteiger charge is -2.33. The number of ether oxygens (including phenoxy) is 2. The first kappa shape index (κ1) is 20.6. The minimum Gasteiger partial charge on any atom is -0.353 e. The molecule has 0 aromatic heterocycles. The van der Waals surface area contributed by atoms with Gasteiger partial charge in [-0.1, -0.05) is 60.7 Å². The smallest absolute Gasteiger partial charge is 0.157 e. The van der Waals surface area contributed by atoms with Crippen LogP contribution in [0.4, 0.5) is 0 Å². The Morgan fingerprint density at radius 2 is 1.34 bits per heavy atom. The third-order valence-electron chi connectivity index (χ3n) is 6.39. The van der Waals surface area contributed by atoms with Crippen LogP contribution in [0, 0.1) is 11.8 Å². The summed E-state index contributed by atoms with van der Waals surface area (Å²) in [6.45, 7) is 4.99. The second-order valence-electron chi connectivity index (χ2n) is 8.80. The fourth-order valence-corrected chi connectivity index (χ4v) is 4.74. The first-order valence-corrected chi connectivity index (χ1v) is 11.4. The second kappa shape index (κ2) is 10.9. The van der Waals surface area contributed by atoms with E-state index in [1.807, 2.05) is 0 Å². The molecule has 0 amide bonds. The van der Waals surface area contributed by atoms with Crippen molar-refractivity contribution in [3.8, 4) is 0 Å². The molecule has 4 rings (SSSR count). The van der Waals surface area contributed by atoms with Gasteiger partial charge in [-0.3, -0.25) is 4.90 Å². The third-order valence-corrected chi connectivity index (χ3v) is 6.39. The molecule has 0 N–H and O–H groups in total. The summed E-state index contributed by atoms with van der Waals surface area (Å²) in [5.41, 5.74) is 2.81. The van der Waals surface area contributed by atoms with Gasteiger partial charge in [-0.2, -0.15) is 0 Å². The van der Waals surface area contributed by atoms with Gasteiger partial charge < -0.3 is 9.47 Å². The van der Waals surface area contributed by atoms with Crippen molar-refractivity contribution < 1.29 is 9.47 Å². The molecule has 3 heteroatoms. The van der Waals surface area contributed by atoms with E-state index in [0.29, 0.717) is 5.92 Å². The lowest BCUT2D eigenvalue weighted by molar-refractivity contribution is -0.123. The van der Waals surface area contributed by atoms with E-state index >= 15 is 0 Å². The molecule has 2 aromatic rings. The summed E-state index contributed by atoms with van der Waals surface area (Å²) < 4.78 is 11.6. The normalized spacial score (nSPS) is 24.8. The molecule has 156 valence electrons. The molecule has 1 saturated heterocycles. The van der Waals surface area contributed by atoms with Crippen molar-refractivity contribution in [3.05, 3.63) is 71.8 Å². The number of rotatable bonds is 9. The molecule has 29 heavy (non-hydrogen) atoms. The van der Waals surface area contributed by atoms with Gasteiger partial charge in [-0.15, -0.1) is 0 Å². The molecular weight excluding hydrogens is 358 g/mol. The molecule has 0 spiro atoms. The number of hydrogen-bond acceptors (Lipinski definition) is 3. The van der Waals surface area contributed by atoms with Gasteiger partial charge in [0.25, 0.3) is 0 Å². The summed E-state index contributed by atoms with van der Waals surface area (Å²) in [5.74, 6) is 1.51. The van der Waals surface area contributed by atoms with Crippen molar-refractivity contribution in [2.24, 2.45) is 11.8 Å². The Morgan fingerprint density at radius 3 is 1.90 bits per heavy atom. The second-order valence-corrected chi connectivity index (χ2v) is 8.80. The Balaban J connectivity index is 1.28. The quantitative estimate of drug-likeness (QED) is 0.550. The molecule has 1 atom stereocenters. The highest BCUT2D eigenvalue weighted by molar-refractivity contribution is 5.17. The highest BCUT2D eigenvalue weighted by Gasteiger charge is 2.25. The fourth-order valence-electron chi connectivity index (χ4n) is 4.74. The summed E-state index contributed by atoms with van der Waals surface area (Å²) in [6.07, 6.45) is 7.52. The van der Waals surface area contributed by atoms with Gasteiger partial charge in [-0.25, -0.2) is 0 Å². The van der Waals surface area contributed by atoms with Gasteiger partial charge in [0.05, 0.1) is 6.61 Å². The van der Waals surface area contributed by atoms with Crippen LogP contribution in [-0.2, 0) is 22.6 Å². The van der Waals surface area contributed by atoms with Crippen LogP contribution in [0.2, 0.25) is 0 Å². The van der Waals surface area contributed by atoms with Crippen molar-refractivity contribution in [3.63, 3.8) is 0 Å². The summed E-state index contributed by atoms with van der Waals surface area (Å²) in [5, 5.41) is 0. The lowest BCUT2D eigenvalue weighted by atomic mass is 9.82. The zero-order chi connectivity index (χ0) is 19.7. The van der Waals surface area contributed by atoms with Gasteiger partial charge in [0.15, 0.2) is 6.29 Å². The summed E-state index contributed by atoms with van der Waals surface area (Å²) in [6, 6.07) is 21.8. The molecule has 1 saturated carbocycles. The Hall–Kier alpha value is -1.68. The van der Waals surface area contributed by atoms with E-state index in [1.165, 1.54) is 43.4 Å². The van der Waals surface area contributed by atoms with Crippen LogP contribution in [0.1, 0.15) is 49.7 Å². The summed E-state index contributed by atoms with van der Waals surface area (Å²) in [7, 11) is 0. The predicted molar refractivity (Wildman–Crippen MR) is 117 cm³/mol. The van der Waals surface area contributed by atoms with Crippen LogP contribution in [0.3, 0.4) is 0 Å². The van der Waals surface area contributed by atoms with E-state index in [1.54, 1.807) is 0 Å². The van der Waals surface area contributed by atoms with Crippen molar-refractivity contribution >= 4 is 0 Å². The highest BCUT2D eigenvalue weighted by Crippen LogP contribution is 2.31. The average Bonchev–Trinajstić information content (AvgIpc) is 3.28. The Labute approximate surface area is 176 Å². The zero-order valence-electron chi connectivity index (χ0n) is 17.5. The SMILES string of the molecule is c1ccc(CN(Cc2ccccc2)CC2CCC(COC3CCCO3)CC2)cc1. The number of nitrogens with zero attached hydrogens (tertiary/aromatic N) is 1. The average molecular weight is 394 g/mol. The first-order valence-electron chi connectivity index (χ1n) is 11.4. The molecule has 2 fully saturated rings. The maximum absolute atomic E-state index is 5.98. The van der Waals surface area contributed by atoms with E-state index in [4.69, 9.17) is 9.47 Å². The Morgan fingerprint density at radius 1 is 0.759 bits per heavy atom. The minimum atomic E-state index is 0.0694. The molecule has 2 aromatic carbocycles. The maximum Gasteiger partial charge on any atom is 0.157 e. The van der Waals surface area contributed by atoms with Crippen LogP contribution >= 0.6 is 0 Å². The molecule has 0 bridgehead atoms. The molecule has 2 aliphatic rings. The van der Waals surface area contributed by atoms with Gasteiger partial charge in [0, 0.05) is 32.7 Å². The largest absolute Gasteiger partial charge is 0.353 e. The molecule has 1 heterocycles. The van der Waals surface area contributed by atoms with Crippen molar-refractivity contribution in [2.45, 2.75) is 57.9 Å². The first-order chi connectivity index (χ1) is 14.3. The predicted octanol–water partition coefficient (Wildman–Crippen LogP) is 5.65. The molecule has 1 unspecified atom stereocenters. The molecule has 1 aliphatic heterocycles. The number of hydrogen-bond donors (Lipinski definition) is 0. The Kier molecular flexibility index (Phi) is 7.75. The van der Waals surface area contributed by atoms with Crippen molar-refractivity contribution in [1.29, 1.82) is 0 Å². The van der Waals surface area contributed by atoms with E-state index < -0.39 is 0 Å². The highest BCUT2D eigenvalue weighted by atomic mass is 16.7. The topological polar surface area (TPSA) is 21.7 Å². The van der Waals surface area contributed by atoms with Crippen LogP contribution in [0.15, 0.2) is 60.7 Å². The summed E-state index contributed by atoms with van der Waals surface area (Å²) in [4.78, 5) is 2.64. The van der Waals surface area contributed by atoms with E-state index in [-0.39, 0.29) is 6.29 Å². The zero-order valence-corrected chi connectivity index (χ0v) is 17.5. The monoisotopic (exact) mass is 393 g/mol. The molecule has 0 radical (unpaired) electrons. The van der Waals surface area contributed by atoms with Crippen LogP contribution in [-0.4, -0.2) is 30.9 Å². The van der Waals surface area contributed by atoms with Crippen LogP contribution < -0.4 is 0 Å². The van der Waals surface area contributed by atoms with Gasteiger partial charge in [-0.05, 0) is 55.1 Å². The molecule has 3 nitrogen and oxygen atoms in total. The lowest BCUT2D eigenvalue weighted by Crippen LogP contribution is -2.32. The van der Waals surface area contributed by atoms with E-state index in [2.05, 4.69) is 65.6 Å². The fraction of sp³-hybridized carbons (Fsp3) is 0.538. The van der Waals surface area contributed by atoms with E-state index in [0.717, 1.165) is 45.1 Å². The summed E-state index contributed by atoms with van der Waals surface area (Å²) >= 11 is 0. The van der Waals surface area contributed by atoms with Crippen molar-refractivity contribution in [2.75, 3.05) is 19.8 Å². The molecular formula is C26H35NO2. The van der Waals surface area contributed by atoms with Gasteiger partial charge in [0.2, 0.25) is 0 Å². The standard InChI is InChI=1S/C26H35NO2/c1-3-8-22(9-4-1)18-27(19-23-10-5-2-6-11-23)20-24-13-15-25(16-14-24)21-29-26-12-7-17-28-26/h1-6,8-11,24-26H,7,12-21H2. The Bertz CT molecular complexity index is 650. The molecule has 1 aliphatic carbocycles. The van der Waals surface area contributed by atoms with Crippen molar-refractivity contribution in [1.82, 2.24) is 4.90 Å². The van der Waals surface area contributed by atoms with Gasteiger partial charge in [0.1, 0.15) is 0 Å². The van der Waals surface area contributed by atoms with Crippen LogP contribution in [0.5, 0.6) is 0 Å². The minimum absolute atomic E-state index is 0.0694. The van der Waals surface area contributed by atoms with Crippen LogP contribution in [0.25, 0.3) is 0 Å². The maximum atomic E-state index is 5.98. The third kappa shape index (κ3) is 6.67. The van der Waals surface area contributed by atoms with Gasteiger partial charge >= 0.3 is 0 Å².